The van der Waals surface area contributed by atoms with Crippen LogP contribution < -0.4 is 5.32 Å². The Balaban J connectivity index is 1.90. The minimum atomic E-state index is -3.55. The Bertz CT molecular complexity index is 761. The summed E-state index contributed by atoms with van der Waals surface area (Å²) in [7, 11) is -3.55. The van der Waals surface area contributed by atoms with Gasteiger partial charge in [0.25, 0.3) is 0 Å². The Kier molecular flexibility index (Phi) is 8.44. The van der Waals surface area contributed by atoms with Crippen molar-refractivity contribution in [2.75, 3.05) is 19.7 Å². The van der Waals surface area contributed by atoms with Crippen molar-refractivity contribution in [1.29, 1.82) is 0 Å². The molecular formula is C20H30N2O5S. The number of nitrogens with zero attached hydrogens (tertiary/aromatic N) is 1. The first kappa shape index (κ1) is 22.4. The van der Waals surface area contributed by atoms with Crippen molar-refractivity contribution in [1.82, 2.24) is 9.62 Å². The molecule has 1 aliphatic rings. The van der Waals surface area contributed by atoms with Crippen LogP contribution in [0.3, 0.4) is 0 Å². The number of benzene rings is 1. The fourth-order valence-corrected chi connectivity index (χ4v) is 5.06. The molecule has 0 saturated carbocycles. The van der Waals surface area contributed by atoms with Gasteiger partial charge in [-0.2, -0.15) is 4.31 Å². The number of aryl methyl sites for hydroxylation is 1. The first-order chi connectivity index (χ1) is 13.3. The van der Waals surface area contributed by atoms with Crippen LogP contribution in [-0.4, -0.2) is 50.3 Å². The molecule has 1 aliphatic heterocycles. The predicted molar refractivity (Wildman–Crippen MR) is 106 cm³/mol. The molecular weight excluding hydrogens is 380 g/mol. The molecule has 1 fully saturated rings. The van der Waals surface area contributed by atoms with E-state index in [0.29, 0.717) is 31.0 Å². The smallest absolute Gasteiger partial charge is 0.306 e. The maximum atomic E-state index is 13.0. The zero-order chi connectivity index (χ0) is 20.6. The van der Waals surface area contributed by atoms with Crippen LogP contribution >= 0.6 is 0 Å². The van der Waals surface area contributed by atoms with Gasteiger partial charge < -0.3 is 10.1 Å². The standard InChI is InChI=1S/C20H30N2O5S/c1-3-27-20(24)12-11-19(23)21-14-13-17-6-4-5-15-22(17)28(25,26)18-9-7-16(2)8-10-18/h7-10,17H,3-6,11-15H2,1-2H3,(H,21,23). The minimum absolute atomic E-state index is 0.0526. The summed E-state index contributed by atoms with van der Waals surface area (Å²) in [5.41, 5.74) is 1.01. The summed E-state index contributed by atoms with van der Waals surface area (Å²) in [5, 5.41) is 2.78. The molecule has 156 valence electrons. The third kappa shape index (κ3) is 6.31. The average Bonchev–Trinajstić information content (AvgIpc) is 2.67. The largest absolute Gasteiger partial charge is 0.466 e. The lowest BCUT2D eigenvalue weighted by atomic mass is 10.0. The van der Waals surface area contributed by atoms with Gasteiger partial charge in [0.2, 0.25) is 15.9 Å². The Hall–Kier alpha value is -1.93. The van der Waals surface area contributed by atoms with Crippen molar-refractivity contribution in [3.05, 3.63) is 29.8 Å². The van der Waals surface area contributed by atoms with Crippen LogP contribution in [0.4, 0.5) is 0 Å². The summed E-state index contributed by atoms with van der Waals surface area (Å²) in [4.78, 5) is 23.5. The van der Waals surface area contributed by atoms with E-state index in [1.165, 1.54) is 0 Å². The second-order valence-electron chi connectivity index (χ2n) is 7.02. The zero-order valence-electron chi connectivity index (χ0n) is 16.6. The van der Waals surface area contributed by atoms with E-state index in [2.05, 4.69) is 5.32 Å². The highest BCUT2D eigenvalue weighted by atomic mass is 32.2. The molecule has 0 spiro atoms. The third-order valence-corrected chi connectivity index (χ3v) is 6.83. The SMILES string of the molecule is CCOC(=O)CCC(=O)NCCC1CCCCN1S(=O)(=O)c1ccc(C)cc1. The Morgan fingerprint density at radius 1 is 1.18 bits per heavy atom. The number of hydrogen-bond donors (Lipinski definition) is 1. The molecule has 1 unspecified atom stereocenters. The molecule has 1 N–H and O–H groups in total. The second kappa shape index (κ2) is 10.6. The van der Waals surface area contributed by atoms with Crippen molar-refractivity contribution in [3.8, 4) is 0 Å². The lowest BCUT2D eigenvalue weighted by Crippen LogP contribution is -2.45. The van der Waals surface area contributed by atoms with Gasteiger partial charge in [0.15, 0.2) is 0 Å². The number of esters is 1. The molecule has 7 nitrogen and oxygen atoms in total. The van der Waals surface area contributed by atoms with E-state index < -0.39 is 10.0 Å². The van der Waals surface area contributed by atoms with Gasteiger partial charge >= 0.3 is 5.97 Å². The summed E-state index contributed by atoms with van der Waals surface area (Å²) in [6, 6.07) is 6.76. The zero-order valence-corrected chi connectivity index (χ0v) is 17.5. The highest BCUT2D eigenvalue weighted by Gasteiger charge is 2.33. The fourth-order valence-electron chi connectivity index (χ4n) is 3.34. The summed E-state index contributed by atoms with van der Waals surface area (Å²) >= 11 is 0. The van der Waals surface area contributed by atoms with E-state index in [-0.39, 0.29) is 30.8 Å². The summed E-state index contributed by atoms with van der Waals surface area (Å²) in [6.07, 6.45) is 3.28. The van der Waals surface area contributed by atoms with Gasteiger partial charge in [-0.1, -0.05) is 24.1 Å². The molecule has 0 aliphatic carbocycles. The number of amides is 1. The summed E-state index contributed by atoms with van der Waals surface area (Å²) < 4.78 is 32.4. The van der Waals surface area contributed by atoms with Gasteiger partial charge in [0, 0.05) is 25.6 Å². The van der Waals surface area contributed by atoms with Crippen LogP contribution in [0.2, 0.25) is 0 Å². The highest BCUT2D eigenvalue weighted by Crippen LogP contribution is 2.27. The number of sulfonamides is 1. The van der Waals surface area contributed by atoms with Crippen LogP contribution in [0.15, 0.2) is 29.2 Å². The Morgan fingerprint density at radius 3 is 2.57 bits per heavy atom. The highest BCUT2D eigenvalue weighted by molar-refractivity contribution is 7.89. The molecule has 1 heterocycles. The molecule has 8 heteroatoms. The Labute approximate surface area is 167 Å². The molecule has 1 aromatic carbocycles. The van der Waals surface area contributed by atoms with Crippen LogP contribution in [0.1, 0.15) is 51.0 Å². The van der Waals surface area contributed by atoms with E-state index in [4.69, 9.17) is 4.74 Å². The molecule has 28 heavy (non-hydrogen) atoms. The summed E-state index contributed by atoms with van der Waals surface area (Å²) in [6.45, 7) is 4.82. The third-order valence-electron chi connectivity index (χ3n) is 4.86. The van der Waals surface area contributed by atoms with E-state index in [1.807, 2.05) is 6.92 Å². The molecule has 1 amide bonds. The van der Waals surface area contributed by atoms with Gasteiger partial charge in [-0.15, -0.1) is 0 Å². The summed E-state index contributed by atoms with van der Waals surface area (Å²) in [5.74, 6) is -0.614. The molecule has 1 aromatic rings. The minimum Gasteiger partial charge on any atom is -0.466 e. The number of carbonyl (C=O) groups is 2. The maximum absolute atomic E-state index is 13.0. The monoisotopic (exact) mass is 410 g/mol. The van der Waals surface area contributed by atoms with Crippen LogP contribution in [0, 0.1) is 6.92 Å². The second-order valence-corrected chi connectivity index (χ2v) is 8.91. The predicted octanol–water partition coefficient (Wildman–Crippen LogP) is 2.39. The Morgan fingerprint density at radius 2 is 1.89 bits per heavy atom. The van der Waals surface area contributed by atoms with Crippen LogP contribution in [-0.2, 0) is 24.3 Å². The number of ether oxygens (including phenoxy) is 1. The quantitative estimate of drug-likeness (QED) is 0.631. The molecule has 0 bridgehead atoms. The average molecular weight is 411 g/mol. The van der Waals surface area contributed by atoms with Gasteiger partial charge in [-0.25, -0.2) is 8.42 Å². The topological polar surface area (TPSA) is 92.8 Å². The maximum Gasteiger partial charge on any atom is 0.306 e. The first-order valence-electron chi connectivity index (χ1n) is 9.85. The molecule has 2 rings (SSSR count). The van der Waals surface area contributed by atoms with Crippen molar-refractivity contribution >= 4 is 21.9 Å². The number of piperidine rings is 1. The van der Waals surface area contributed by atoms with Gasteiger partial charge in [-0.05, 0) is 45.2 Å². The van der Waals surface area contributed by atoms with Gasteiger partial charge in [-0.3, -0.25) is 9.59 Å². The molecule has 1 atom stereocenters. The molecule has 0 aromatic heterocycles. The van der Waals surface area contributed by atoms with Gasteiger partial charge in [0.05, 0.1) is 17.9 Å². The molecule has 1 saturated heterocycles. The lowest BCUT2D eigenvalue weighted by molar-refractivity contribution is -0.144. The lowest BCUT2D eigenvalue weighted by Gasteiger charge is -2.34. The number of carbonyl (C=O) groups excluding carboxylic acids is 2. The first-order valence-corrected chi connectivity index (χ1v) is 11.3. The van der Waals surface area contributed by atoms with E-state index >= 15 is 0 Å². The van der Waals surface area contributed by atoms with Crippen molar-refractivity contribution < 1.29 is 22.7 Å². The fraction of sp³-hybridized carbons (Fsp3) is 0.600. The van der Waals surface area contributed by atoms with E-state index in [0.717, 1.165) is 24.8 Å². The van der Waals surface area contributed by atoms with Crippen LogP contribution in [0.25, 0.3) is 0 Å². The van der Waals surface area contributed by atoms with Crippen LogP contribution in [0.5, 0.6) is 0 Å². The van der Waals surface area contributed by atoms with Crippen molar-refractivity contribution in [2.24, 2.45) is 0 Å². The number of nitrogens with one attached hydrogen (secondary N) is 1. The number of hydrogen-bond acceptors (Lipinski definition) is 5. The van der Waals surface area contributed by atoms with Gasteiger partial charge in [0.1, 0.15) is 0 Å². The molecule has 0 radical (unpaired) electrons. The van der Waals surface area contributed by atoms with E-state index in [9.17, 15) is 18.0 Å². The van der Waals surface area contributed by atoms with Crippen molar-refractivity contribution in [2.45, 2.75) is 63.3 Å². The normalized spacial score (nSPS) is 17.9. The number of rotatable bonds is 9. The van der Waals surface area contributed by atoms with E-state index in [1.54, 1.807) is 35.5 Å². The van der Waals surface area contributed by atoms with Crippen molar-refractivity contribution in [3.63, 3.8) is 0 Å².